The molecule has 62 valence electrons. The maximum atomic E-state index is 8.67. The third-order valence-corrected chi connectivity index (χ3v) is 3.31. The summed E-state index contributed by atoms with van der Waals surface area (Å²) in [6, 6.07) is 0. The molecule has 0 radical (unpaired) electrons. The third kappa shape index (κ3) is 6.78. The molecule has 0 aliphatic rings. The Hall–Kier alpha value is 0.660. The summed E-state index contributed by atoms with van der Waals surface area (Å²) in [6.45, 7) is 2.40. The fourth-order valence-electron chi connectivity index (χ4n) is 0.479. The van der Waals surface area contributed by atoms with Crippen LogP contribution in [-0.4, -0.2) is 35.2 Å². The van der Waals surface area contributed by atoms with E-state index in [1.54, 1.807) is 0 Å². The maximum Gasteiger partial charge on any atom is 0.0464 e. The summed E-state index contributed by atoms with van der Waals surface area (Å²) >= 11 is 3.81. The molecule has 10 heavy (non-hydrogen) atoms. The Balaban J connectivity index is 2.89. The first-order chi connectivity index (χ1) is 4.81. The zero-order valence-corrected chi connectivity index (χ0v) is 8.30. The molecule has 1 unspecified atom stereocenters. The van der Waals surface area contributed by atoms with Crippen molar-refractivity contribution < 1.29 is 5.11 Å². The van der Waals surface area contributed by atoms with Gasteiger partial charge in [-0.1, -0.05) is 6.92 Å². The van der Waals surface area contributed by atoms with E-state index in [1.165, 1.54) is 11.5 Å². The van der Waals surface area contributed by atoms with Gasteiger partial charge in [0.25, 0.3) is 0 Å². The van der Waals surface area contributed by atoms with E-state index >= 15 is 0 Å². The Morgan fingerprint density at radius 2 is 2.10 bits per heavy atom. The van der Waals surface area contributed by atoms with Gasteiger partial charge >= 0.3 is 0 Å². The summed E-state index contributed by atoms with van der Waals surface area (Å²) in [5.74, 6) is 4.00. The van der Waals surface area contributed by atoms with Crippen LogP contribution in [0.2, 0.25) is 0 Å². The van der Waals surface area contributed by atoms with Gasteiger partial charge in [-0.3, -0.25) is 0 Å². The van der Waals surface area contributed by atoms with E-state index in [0.717, 1.165) is 5.75 Å². The minimum absolute atomic E-state index is 0.326. The molecule has 0 aromatic rings. The van der Waals surface area contributed by atoms with Crippen molar-refractivity contribution in [2.24, 2.45) is 5.92 Å². The summed E-state index contributed by atoms with van der Waals surface area (Å²) in [5.41, 5.74) is 0. The Morgan fingerprint density at radius 1 is 1.40 bits per heavy atom. The molecule has 0 heterocycles. The van der Waals surface area contributed by atoms with Gasteiger partial charge in [-0.15, -0.1) is 0 Å². The lowest BCUT2D eigenvalue weighted by Crippen LogP contribution is -2.04. The van der Waals surface area contributed by atoms with Gasteiger partial charge in [-0.25, -0.2) is 0 Å². The Bertz CT molecular complexity index is 68.6. The largest absolute Gasteiger partial charge is 0.396 e. The fraction of sp³-hybridized carbons (Fsp3) is 1.00. The topological polar surface area (TPSA) is 20.2 Å². The number of aliphatic hydroxyl groups excluding tert-OH is 1. The molecule has 1 nitrogen and oxygen atoms in total. The van der Waals surface area contributed by atoms with Crippen molar-refractivity contribution >= 4 is 23.5 Å². The molecule has 0 aromatic carbocycles. The first-order valence-electron chi connectivity index (χ1n) is 3.48. The average Bonchev–Trinajstić information content (AvgIpc) is 1.98. The van der Waals surface area contributed by atoms with Crippen LogP contribution in [0.3, 0.4) is 0 Å². The van der Waals surface area contributed by atoms with Gasteiger partial charge in [0.15, 0.2) is 0 Å². The summed E-state index contributed by atoms with van der Waals surface area (Å²) < 4.78 is 0. The van der Waals surface area contributed by atoms with Crippen LogP contribution in [0, 0.1) is 5.92 Å². The molecule has 0 rings (SSSR count). The molecule has 0 aromatic heterocycles. The van der Waals surface area contributed by atoms with Crippen molar-refractivity contribution in [1.29, 1.82) is 0 Å². The van der Waals surface area contributed by atoms with Crippen molar-refractivity contribution in [3.8, 4) is 0 Å². The van der Waals surface area contributed by atoms with Gasteiger partial charge in [0, 0.05) is 18.1 Å². The quantitative estimate of drug-likeness (QED) is 0.628. The lowest BCUT2D eigenvalue weighted by molar-refractivity contribution is 0.250. The maximum absolute atomic E-state index is 8.67. The van der Waals surface area contributed by atoms with Gasteiger partial charge < -0.3 is 5.11 Å². The van der Waals surface area contributed by atoms with Crippen LogP contribution in [0.15, 0.2) is 0 Å². The van der Waals surface area contributed by atoms with Crippen LogP contribution in [0.25, 0.3) is 0 Å². The van der Waals surface area contributed by atoms with E-state index in [1.807, 2.05) is 23.5 Å². The highest BCUT2D eigenvalue weighted by atomic mass is 32.2. The second kappa shape index (κ2) is 7.76. The molecule has 0 saturated heterocycles. The normalized spacial score (nSPS) is 13.5. The standard InChI is InChI=1S/C7H16OS2/c1-7(5-8)6-10-4-3-9-2/h7-8H,3-6H2,1-2H3. The van der Waals surface area contributed by atoms with E-state index in [-0.39, 0.29) is 0 Å². The number of hydrogen-bond donors (Lipinski definition) is 1. The first kappa shape index (κ1) is 10.7. The van der Waals surface area contributed by atoms with E-state index < -0.39 is 0 Å². The zero-order chi connectivity index (χ0) is 7.82. The summed E-state index contributed by atoms with van der Waals surface area (Å²) in [5, 5.41) is 8.67. The third-order valence-electron chi connectivity index (χ3n) is 1.15. The minimum atomic E-state index is 0.326. The van der Waals surface area contributed by atoms with Crippen LogP contribution in [-0.2, 0) is 0 Å². The van der Waals surface area contributed by atoms with Crippen LogP contribution >= 0.6 is 23.5 Å². The lowest BCUT2D eigenvalue weighted by atomic mass is 10.2. The first-order valence-corrected chi connectivity index (χ1v) is 6.03. The Morgan fingerprint density at radius 3 is 2.60 bits per heavy atom. The number of hydrogen-bond acceptors (Lipinski definition) is 3. The van der Waals surface area contributed by atoms with E-state index in [0.29, 0.717) is 12.5 Å². The molecule has 0 fully saturated rings. The van der Waals surface area contributed by atoms with E-state index in [4.69, 9.17) is 5.11 Å². The van der Waals surface area contributed by atoms with Gasteiger partial charge in [0.05, 0.1) is 0 Å². The summed E-state index contributed by atoms with van der Waals surface area (Å²) in [6.07, 6.45) is 2.12. The summed E-state index contributed by atoms with van der Waals surface area (Å²) in [7, 11) is 0. The highest BCUT2D eigenvalue weighted by molar-refractivity contribution is 8.02. The molecule has 0 aliphatic heterocycles. The molecule has 0 aliphatic carbocycles. The predicted molar refractivity (Wildman–Crippen MR) is 52.0 cm³/mol. The van der Waals surface area contributed by atoms with Gasteiger partial charge in [-0.05, 0) is 17.9 Å². The van der Waals surface area contributed by atoms with Crippen LogP contribution in [0.4, 0.5) is 0 Å². The average molecular weight is 180 g/mol. The SMILES string of the molecule is CSCCSCC(C)CO. The van der Waals surface area contributed by atoms with Crippen LogP contribution in [0.5, 0.6) is 0 Å². The zero-order valence-electron chi connectivity index (χ0n) is 6.67. The Kier molecular flexibility index (Phi) is 8.28. The highest BCUT2D eigenvalue weighted by Gasteiger charge is 1.98. The molecule has 3 heteroatoms. The van der Waals surface area contributed by atoms with E-state index in [2.05, 4.69) is 13.2 Å². The van der Waals surface area contributed by atoms with Crippen LogP contribution in [0.1, 0.15) is 6.92 Å². The molecule has 0 spiro atoms. The van der Waals surface area contributed by atoms with Gasteiger partial charge in [0.2, 0.25) is 0 Å². The minimum Gasteiger partial charge on any atom is -0.396 e. The molecule has 1 atom stereocenters. The van der Waals surface area contributed by atoms with Crippen molar-refractivity contribution in [3.05, 3.63) is 0 Å². The number of thioether (sulfide) groups is 2. The van der Waals surface area contributed by atoms with E-state index in [9.17, 15) is 0 Å². The van der Waals surface area contributed by atoms with Crippen LogP contribution < -0.4 is 0 Å². The van der Waals surface area contributed by atoms with Crippen molar-refractivity contribution in [2.75, 3.05) is 30.1 Å². The molecular formula is C7H16OS2. The molecular weight excluding hydrogens is 164 g/mol. The Labute approximate surface area is 72.0 Å². The number of rotatable bonds is 6. The molecule has 0 amide bonds. The molecule has 0 saturated carbocycles. The highest BCUT2D eigenvalue weighted by Crippen LogP contribution is 2.08. The molecule has 1 N–H and O–H groups in total. The van der Waals surface area contributed by atoms with Gasteiger partial charge in [0.1, 0.15) is 0 Å². The van der Waals surface area contributed by atoms with Crippen molar-refractivity contribution in [1.82, 2.24) is 0 Å². The second-order valence-corrected chi connectivity index (χ2v) is 4.49. The second-order valence-electron chi connectivity index (χ2n) is 2.36. The van der Waals surface area contributed by atoms with Crippen molar-refractivity contribution in [3.63, 3.8) is 0 Å². The number of aliphatic hydroxyl groups is 1. The fourth-order valence-corrected chi connectivity index (χ4v) is 2.29. The predicted octanol–water partition coefficient (Wildman–Crippen LogP) is 1.71. The van der Waals surface area contributed by atoms with Crippen molar-refractivity contribution in [2.45, 2.75) is 6.92 Å². The monoisotopic (exact) mass is 180 g/mol. The summed E-state index contributed by atoms with van der Waals surface area (Å²) in [4.78, 5) is 0. The lowest BCUT2D eigenvalue weighted by Gasteiger charge is -2.05. The van der Waals surface area contributed by atoms with Gasteiger partial charge in [-0.2, -0.15) is 23.5 Å². The molecule has 0 bridgehead atoms. The smallest absolute Gasteiger partial charge is 0.0464 e.